The molecule has 0 fully saturated rings. The molecule has 62 valence electrons. The number of nitrogens with two attached hydrogens (primary N) is 1. The minimum absolute atomic E-state index is 0.467. The molecular weight excluding hydrogens is 122 g/mol. The van der Waals surface area contributed by atoms with Gasteiger partial charge in [-0.15, -0.1) is 0 Å². The molecule has 0 saturated carbocycles. The van der Waals surface area contributed by atoms with Gasteiger partial charge in [0.2, 0.25) is 0 Å². The molecule has 0 heterocycles. The monoisotopic (exact) mass is 143 g/mol. The third-order valence-corrected chi connectivity index (χ3v) is 1.62. The second kappa shape index (κ2) is 3.97. The molecule has 0 aliphatic rings. The SMILES string of the molecule is C[C@H](CCN)CC(C)(C)C. The molecule has 0 aromatic carbocycles. The Bertz CT molecular complexity index is 81.2. The summed E-state index contributed by atoms with van der Waals surface area (Å²) in [7, 11) is 0. The molecule has 0 radical (unpaired) electrons. The number of rotatable bonds is 3. The minimum Gasteiger partial charge on any atom is -0.330 e. The van der Waals surface area contributed by atoms with Crippen LogP contribution in [0.2, 0.25) is 0 Å². The molecule has 0 rings (SSSR count). The van der Waals surface area contributed by atoms with Gasteiger partial charge in [-0.25, -0.2) is 0 Å². The highest BCUT2D eigenvalue weighted by Crippen LogP contribution is 2.25. The van der Waals surface area contributed by atoms with E-state index in [0.717, 1.165) is 18.9 Å². The van der Waals surface area contributed by atoms with Crippen molar-refractivity contribution in [3.63, 3.8) is 0 Å². The first-order chi connectivity index (χ1) is 4.45. The van der Waals surface area contributed by atoms with Gasteiger partial charge in [0.1, 0.15) is 0 Å². The number of hydrogen-bond acceptors (Lipinski definition) is 1. The van der Waals surface area contributed by atoms with Gasteiger partial charge in [-0.1, -0.05) is 27.7 Å². The van der Waals surface area contributed by atoms with Crippen molar-refractivity contribution in [1.29, 1.82) is 0 Å². The molecular formula is C9H21N. The summed E-state index contributed by atoms with van der Waals surface area (Å²) in [6, 6.07) is 0. The van der Waals surface area contributed by atoms with Crippen molar-refractivity contribution >= 4 is 0 Å². The Labute approximate surface area is 65.0 Å². The zero-order valence-electron chi connectivity index (χ0n) is 7.78. The summed E-state index contributed by atoms with van der Waals surface area (Å²) >= 11 is 0. The maximum absolute atomic E-state index is 5.45. The van der Waals surface area contributed by atoms with Gasteiger partial charge in [0.25, 0.3) is 0 Å². The van der Waals surface area contributed by atoms with Gasteiger partial charge < -0.3 is 5.73 Å². The first-order valence-electron chi connectivity index (χ1n) is 4.16. The van der Waals surface area contributed by atoms with Crippen LogP contribution >= 0.6 is 0 Å². The molecule has 0 saturated heterocycles. The molecule has 0 spiro atoms. The lowest BCUT2D eigenvalue weighted by molar-refractivity contribution is 0.299. The van der Waals surface area contributed by atoms with Crippen LogP contribution < -0.4 is 5.73 Å². The van der Waals surface area contributed by atoms with Crippen LogP contribution in [0, 0.1) is 11.3 Å². The Morgan fingerprint density at radius 1 is 1.30 bits per heavy atom. The van der Waals surface area contributed by atoms with Crippen LogP contribution in [0.5, 0.6) is 0 Å². The first kappa shape index (κ1) is 9.96. The van der Waals surface area contributed by atoms with Crippen LogP contribution in [0.15, 0.2) is 0 Å². The zero-order valence-corrected chi connectivity index (χ0v) is 7.78. The van der Waals surface area contributed by atoms with Gasteiger partial charge in [-0.3, -0.25) is 0 Å². The fourth-order valence-corrected chi connectivity index (χ4v) is 1.43. The number of hydrogen-bond donors (Lipinski definition) is 1. The highest BCUT2D eigenvalue weighted by molar-refractivity contribution is 4.66. The van der Waals surface area contributed by atoms with Crippen LogP contribution in [0.3, 0.4) is 0 Å². The summed E-state index contributed by atoms with van der Waals surface area (Å²) in [6.45, 7) is 9.94. The van der Waals surface area contributed by atoms with Crippen molar-refractivity contribution in [2.45, 2.75) is 40.5 Å². The van der Waals surface area contributed by atoms with Crippen molar-refractivity contribution in [1.82, 2.24) is 0 Å². The maximum Gasteiger partial charge on any atom is -0.00747 e. The van der Waals surface area contributed by atoms with E-state index in [1.165, 1.54) is 6.42 Å². The highest BCUT2D eigenvalue weighted by atomic mass is 14.5. The van der Waals surface area contributed by atoms with E-state index in [-0.39, 0.29) is 0 Å². The van der Waals surface area contributed by atoms with Gasteiger partial charge >= 0.3 is 0 Å². The summed E-state index contributed by atoms with van der Waals surface area (Å²) in [4.78, 5) is 0. The van der Waals surface area contributed by atoms with E-state index >= 15 is 0 Å². The van der Waals surface area contributed by atoms with Crippen LogP contribution in [0.25, 0.3) is 0 Å². The van der Waals surface area contributed by atoms with Gasteiger partial charge in [0.15, 0.2) is 0 Å². The summed E-state index contributed by atoms with van der Waals surface area (Å²) in [6.07, 6.45) is 2.45. The van der Waals surface area contributed by atoms with E-state index in [1.807, 2.05) is 0 Å². The summed E-state index contributed by atoms with van der Waals surface area (Å²) < 4.78 is 0. The third kappa shape index (κ3) is 6.09. The molecule has 10 heavy (non-hydrogen) atoms. The average Bonchev–Trinajstić information content (AvgIpc) is 1.59. The van der Waals surface area contributed by atoms with Crippen LogP contribution in [0.1, 0.15) is 40.5 Å². The summed E-state index contributed by atoms with van der Waals surface area (Å²) in [5.41, 5.74) is 5.92. The van der Waals surface area contributed by atoms with Crippen molar-refractivity contribution in [3.05, 3.63) is 0 Å². The van der Waals surface area contributed by atoms with Crippen molar-refractivity contribution in [2.24, 2.45) is 17.1 Å². The lowest BCUT2D eigenvalue weighted by Crippen LogP contribution is -2.14. The molecule has 0 aromatic rings. The predicted molar refractivity (Wildman–Crippen MR) is 46.9 cm³/mol. The summed E-state index contributed by atoms with van der Waals surface area (Å²) in [5.74, 6) is 0.782. The van der Waals surface area contributed by atoms with Crippen LogP contribution in [0.4, 0.5) is 0 Å². The standard InChI is InChI=1S/C9H21N/c1-8(5-6-10)7-9(2,3)4/h8H,5-7,10H2,1-4H3/t8-/m1/s1. The molecule has 1 heteroatoms. The van der Waals surface area contributed by atoms with Crippen molar-refractivity contribution in [3.8, 4) is 0 Å². The molecule has 0 aromatic heterocycles. The Balaban J connectivity index is 3.47. The molecule has 0 unspecified atom stereocenters. The van der Waals surface area contributed by atoms with Gasteiger partial charge in [-0.2, -0.15) is 0 Å². The Morgan fingerprint density at radius 3 is 2.10 bits per heavy atom. The molecule has 0 amide bonds. The van der Waals surface area contributed by atoms with E-state index in [0.29, 0.717) is 5.41 Å². The molecule has 2 N–H and O–H groups in total. The molecule has 0 aliphatic carbocycles. The smallest absolute Gasteiger partial charge is 0.00747 e. The van der Waals surface area contributed by atoms with E-state index in [2.05, 4.69) is 27.7 Å². The summed E-state index contributed by atoms with van der Waals surface area (Å²) in [5, 5.41) is 0. The van der Waals surface area contributed by atoms with E-state index in [4.69, 9.17) is 5.73 Å². The minimum atomic E-state index is 0.467. The largest absolute Gasteiger partial charge is 0.330 e. The lowest BCUT2D eigenvalue weighted by atomic mass is 9.84. The van der Waals surface area contributed by atoms with E-state index in [9.17, 15) is 0 Å². The van der Waals surface area contributed by atoms with Crippen molar-refractivity contribution < 1.29 is 0 Å². The van der Waals surface area contributed by atoms with Crippen molar-refractivity contribution in [2.75, 3.05) is 6.54 Å². The fraction of sp³-hybridized carbons (Fsp3) is 1.00. The van der Waals surface area contributed by atoms with Crippen LogP contribution in [-0.2, 0) is 0 Å². The molecule has 1 atom stereocenters. The molecule has 1 nitrogen and oxygen atoms in total. The van der Waals surface area contributed by atoms with Gasteiger partial charge in [0.05, 0.1) is 0 Å². The second-order valence-corrected chi connectivity index (χ2v) is 4.45. The average molecular weight is 143 g/mol. The Hall–Kier alpha value is -0.0400. The van der Waals surface area contributed by atoms with Gasteiger partial charge in [-0.05, 0) is 30.7 Å². The normalized spacial score (nSPS) is 15.3. The third-order valence-electron chi connectivity index (χ3n) is 1.62. The van der Waals surface area contributed by atoms with Gasteiger partial charge in [0, 0.05) is 0 Å². The topological polar surface area (TPSA) is 26.0 Å². The van der Waals surface area contributed by atoms with Crippen LogP contribution in [-0.4, -0.2) is 6.54 Å². The highest BCUT2D eigenvalue weighted by Gasteiger charge is 2.13. The second-order valence-electron chi connectivity index (χ2n) is 4.45. The molecule has 0 bridgehead atoms. The van der Waals surface area contributed by atoms with E-state index < -0.39 is 0 Å². The zero-order chi connectivity index (χ0) is 8.20. The fourth-order valence-electron chi connectivity index (χ4n) is 1.43. The molecule has 0 aliphatic heterocycles. The Kier molecular flexibility index (Phi) is 3.95. The quantitative estimate of drug-likeness (QED) is 0.645. The van der Waals surface area contributed by atoms with E-state index in [1.54, 1.807) is 0 Å². The Morgan fingerprint density at radius 2 is 1.80 bits per heavy atom. The first-order valence-corrected chi connectivity index (χ1v) is 4.16. The predicted octanol–water partition coefficient (Wildman–Crippen LogP) is 2.41. The lowest BCUT2D eigenvalue weighted by Gasteiger charge is -2.22. The maximum atomic E-state index is 5.45.